The van der Waals surface area contributed by atoms with Crippen molar-refractivity contribution in [3.8, 4) is 11.1 Å². The van der Waals surface area contributed by atoms with Crippen LogP contribution in [0.5, 0.6) is 0 Å². The Bertz CT molecular complexity index is 517. The molecule has 18 heavy (non-hydrogen) atoms. The van der Waals surface area contributed by atoms with E-state index >= 15 is 0 Å². The molecule has 0 fully saturated rings. The van der Waals surface area contributed by atoms with Gasteiger partial charge in [0.05, 0.1) is 5.69 Å². The first-order valence-electron chi connectivity index (χ1n) is 6.35. The lowest BCUT2D eigenvalue weighted by Gasteiger charge is -2.07. The van der Waals surface area contributed by atoms with Crippen LogP contribution in [0, 0.1) is 5.82 Å². The number of benzene rings is 2. The molecule has 0 bridgehead atoms. The van der Waals surface area contributed by atoms with Crippen molar-refractivity contribution in [2.45, 2.75) is 26.2 Å². The van der Waals surface area contributed by atoms with E-state index in [1.807, 2.05) is 12.1 Å². The predicted octanol–water partition coefficient (Wildman–Crippen LogP) is 4.42. The van der Waals surface area contributed by atoms with Crippen molar-refractivity contribution in [2.75, 3.05) is 5.73 Å². The lowest BCUT2D eigenvalue weighted by molar-refractivity contribution is 0.636. The minimum Gasteiger partial charge on any atom is -0.396 e. The summed E-state index contributed by atoms with van der Waals surface area (Å²) in [4.78, 5) is 0. The molecule has 0 saturated carbocycles. The summed E-state index contributed by atoms with van der Waals surface area (Å²) in [5.74, 6) is -0.334. The van der Waals surface area contributed by atoms with E-state index < -0.39 is 0 Å². The van der Waals surface area contributed by atoms with Gasteiger partial charge in [0.1, 0.15) is 0 Å². The van der Waals surface area contributed by atoms with Gasteiger partial charge in [0, 0.05) is 5.56 Å². The summed E-state index contributed by atoms with van der Waals surface area (Å²) in [6.45, 7) is 2.18. The average molecular weight is 243 g/mol. The Morgan fingerprint density at radius 2 is 1.78 bits per heavy atom. The van der Waals surface area contributed by atoms with Gasteiger partial charge in [-0.1, -0.05) is 49.7 Å². The van der Waals surface area contributed by atoms with E-state index in [4.69, 9.17) is 5.73 Å². The topological polar surface area (TPSA) is 26.0 Å². The highest BCUT2D eigenvalue weighted by Gasteiger charge is 2.07. The number of halogens is 1. The summed E-state index contributed by atoms with van der Waals surface area (Å²) in [5, 5.41) is 0. The molecule has 0 aliphatic heterocycles. The number of unbranched alkanes of at least 4 members (excludes halogenated alkanes) is 1. The number of aryl methyl sites for hydroxylation is 1. The maximum atomic E-state index is 13.9. The van der Waals surface area contributed by atoms with Crippen LogP contribution in [0.2, 0.25) is 0 Å². The van der Waals surface area contributed by atoms with E-state index in [9.17, 15) is 4.39 Å². The SMILES string of the molecule is CCCCc1ccc(-c2cccc(N)c2F)cc1. The second-order valence-corrected chi connectivity index (χ2v) is 4.51. The highest BCUT2D eigenvalue weighted by Crippen LogP contribution is 2.26. The average Bonchev–Trinajstić information content (AvgIpc) is 2.40. The fourth-order valence-corrected chi connectivity index (χ4v) is 2.00. The second-order valence-electron chi connectivity index (χ2n) is 4.51. The molecule has 0 aromatic heterocycles. The molecule has 2 rings (SSSR count). The Kier molecular flexibility index (Phi) is 3.98. The van der Waals surface area contributed by atoms with Crippen molar-refractivity contribution in [1.29, 1.82) is 0 Å². The van der Waals surface area contributed by atoms with Crippen molar-refractivity contribution >= 4 is 5.69 Å². The maximum Gasteiger partial charge on any atom is 0.153 e. The first-order valence-corrected chi connectivity index (χ1v) is 6.35. The predicted molar refractivity (Wildman–Crippen MR) is 74.9 cm³/mol. The molecule has 0 unspecified atom stereocenters. The van der Waals surface area contributed by atoms with Crippen LogP contribution in [0.25, 0.3) is 11.1 Å². The summed E-state index contributed by atoms with van der Waals surface area (Å²) in [7, 11) is 0. The summed E-state index contributed by atoms with van der Waals surface area (Å²) >= 11 is 0. The van der Waals surface area contributed by atoms with Crippen LogP contribution in [0.4, 0.5) is 10.1 Å². The van der Waals surface area contributed by atoms with E-state index in [1.165, 1.54) is 18.4 Å². The number of hydrogen-bond donors (Lipinski definition) is 1. The van der Waals surface area contributed by atoms with Crippen molar-refractivity contribution in [2.24, 2.45) is 0 Å². The fraction of sp³-hybridized carbons (Fsp3) is 0.250. The standard InChI is InChI=1S/C16H18FN/c1-2-3-5-12-8-10-13(11-9-12)14-6-4-7-15(18)16(14)17/h4,6-11H,2-3,5,18H2,1H3. The first-order chi connectivity index (χ1) is 8.72. The Labute approximate surface area is 107 Å². The molecular weight excluding hydrogens is 225 g/mol. The van der Waals surface area contributed by atoms with Gasteiger partial charge in [-0.2, -0.15) is 0 Å². The zero-order valence-corrected chi connectivity index (χ0v) is 10.6. The highest BCUT2D eigenvalue weighted by atomic mass is 19.1. The van der Waals surface area contributed by atoms with Crippen LogP contribution >= 0.6 is 0 Å². The molecule has 0 aliphatic carbocycles. The Balaban J connectivity index is 2.26. The van der Waals surface area contributed by atoms with E-state index in [0.29, 0.717) is 5.56 Å². The largest absolute Gasteiger partial charge is 0.396 e. The molecule has 0 amide bonds. The third kappa shape index (κ3) is 2.70. The van der Waals surface area contributed by atoms with Crippen LogP contribution in [-0.2, 0) is 6.42 Å². The monoisotopic (exact) mass is 243 g/mol. The summed E-state index contributed by atoms with van der Waals surface area (Å²) in [5.41, 5.74) is 8.51. The maximum absolute atomic E-state index is 13.9. The van der Waals surface area contributed by atoms with Crippen LogP contribution < -0.4 is 5.73 Å². The molecule has 0 radical (unpaired) electrons. The second kappa shape index (κ2) is 5.67. The Hall–Kier alpha value is -1.83. The minimum absolute atomic E-state index is 0.197. The highest BCUT2D eigenvalue weighted by molar-refractivity contribution is 5.68. The molecule has 2 N–H and O–H groups in total. The molecule has 2 heteroatoms. The molecule has 0 spiro atoms. The summed E-state index contributed by atoms with van der Waals surface area (Å²) in [6, 6.07) is 13.2. The van der Waals surface area contributed by atoms with Crippen LogP contribution in [0.1, 0.15) is 25.3 Å². The van der Waals surface area contributed by atoms with Gasteiger partial charge >= 0.3 is 0 Å². The van der Waals surface area contributed by atoms with Crippen LogP contribution in [-0.4, -0.2) is 0 Å². The summed E-state index contributed by atoms with van der Waals surface area (Å²) < 4.78 is 13.9. The molecule has 0 saturated heterocycles. The minimum atomic E-state index is -0.334. The third-order valence-corrected chi connectivity index (χ3v) is 3.11. The van der Waals surface area contributed by atoms with Gasteiger partial charge in [-0.3, -0.25) is 0 Å². The van der Waals surface area contributed by atoms with Gasteiger partial charge in [0.15, 0.2) is 5.82 Å². The Morgan fingerprint density at radius 1 is 1.06 bits per heavy atom. The number of hydrogen-bond acceptors (Lipinski definition) is 1. The number of nitrogens with two attached hydrogens (primary N) is 1. The van der Waals surface area contributed by atoms with Gasteiger partial charge < -0.3 is 5.73 Å². The molecule has 2 aromatic rings. The van der Waals surface area contributed by atoms with Gasteiger partial charge in [-0.15, -0.1) is 0 Å². The zero-order chi connectivity index (χ0) is 13.0. The van der Waals surface area contributed by atoms with Gasteiger partial charge in [0.25, 0.3) is 0 Å². The quantitative estimate of drug-likeness (QED) is 0.790. The third-order valence-electron chi connectivity index (χ3n) is 3.11. The lowest BCUT2D eigenvalue weighted by Crippen LogP contribution is -1.93. The smallest absolute Gasteiger partial charge is 0.153 e. The molecule has 94 valence electrons. The zero-order valence-electron chi connectivity index (χ0n) is 10.6. The van der Waals surface area contributed by atoms with E-state index in [2.05, 4.69) is 19.1 Å². The number of anilines is 1. The van der Waals surface area contributed by atoms with Crippen LogP contribution in [0.15, 0.2) is 42.5 Å². The number of nitrogen functional groups attached to an aromatic ring is 1. The molecule has 1 nitrogen and oxygen atoms in total. The van der Waals surface area contributed by atoms with E-state index in [0.717, 1.165) is 12.0 Å². The van der Waals surface area contributed by atoms with Gasteiger partial charge in [-0.05, 0) is 30.0 Å². The van der Waals surface area contributed by atoms with Crippen molar-refractivity contribution in [3.05, 3.63) is 53.8 Å². The van der Waals surface area contributed by atoms with Crippen LogP contribution in [0.3, 0.4) is 0 Å². The van der Waals surface area contributed by atoms with E-state index in [-0.39, 0.29) is 11.5 Å². The van der Waals surface area contributed by atoms with Crippen molar-refractivity contribution in [1.82, 2.24) is 0 Å². The molecular formula is C16H18FN. The van der Waals surface area contributed by atoms with Crippen molar-refractivity contribution in [3.63, 3.8) is 0 Å². The Morgan fingerprint density at radius 3 is 2.44 bits per heavy atom. The lowest BCUT2D eigenvalue weighted by atomic mass is 10.0. The van der Waals surface area contributed by atoms with Crippen molar-refractivity contribution < 1.29 is 4.39 Å². The number of rotatable bonds is 4. The van der Waals surface area contributed by atoms with Gasteiger partial charge in [-0.25, -0.2) is 4.39 Å². The summed E-state index contributed by atoms with van der Waals surface area (Å²) in [6.07, 6.45) is 3.45. The fourth-order valence-electron chi connectivity index (χ4n) is 2.00. The van der Waals surface area contributed by atoms with E-state index in [1.54, 1.807) is 18.2 Å². The molecule has 0 aliphatic rings. The van der Waals surface area contributed by atoms with Gasteiger partial charge in [0.2, 0.25) is 0 Å². The normalized spacial score (nSPS) is 10.6. The molecule has 0 heterocycles. The molecule has 2 aromatic carbocycles. The first kappa shape index (κ1) is 12.6. The molecule has 0 atom stereocenters.